The quantitative estimate of drug-likeness (QED) is 0.872. The van der Waals surface area contributed by atoms with Gasteiger partial charge in [-0.2, -0.15) is 0 Å². The lowest BCUT2D eigenvalue weighted by Gasteiger charge is -2.16. The third-order valence-electron chi connectivity index (χ3n) is 2.45. The first kappa shape index (κ1) is 14.9. The Morgan fingerprint density at radius 2 is 1.75 bits per heavy atom. The van der Waals surface area contributed by atoms with Gasteiger partial charge in [0.1, 0.15) is 0 Å². The second-order valence-electron chi connectivity index (χ2n) is 3.62. The number of likely N-dealkylation sites (N-methyl/N-ethyl adjacent to an activating group) is 1. The smallest absolute Gasteiger partial charge is 0.236 e. The number of halogens is 1. The Hall–Kier alpha value is -1.06. The fourth-order valence-corrected chi connectivity index (χ4v) is 1.40. The average molecular weight is 243 g/mol. The van der Waals surface area contributed by atoms with E-state index in [1.807, 2.05) is 0 Å². The van der Waals surface area contributed by atoms with Crippen LogP contribution in [0.15, 0.2) is 24.3 Å². The first-order chi connectivity index (χ1) is 7.17. The summed E-state index contributed by atoms with van der Waals surface area (Å²) in [5.74, 6) is -0.0328. The van der Waals surface area contributed by atoms with Crippen LogP contribution < -0.4 is 5.73 Å². The minimum atomic E-state index is -0.0328. The maximum atomic E-state index is 11.2. The van der Waals surface area contributed by atoms with Gasteiger partial charge in [-0.15, -0.1) is 12.4 Å². The van der Waals surface area contributed by atoms with Crippen LogP contribution in [0.25, 0.3) is 0 Å². The SMILES string of the molecule is CCc1ccc(CN(C)C(=O)CN)cc1.Cl. The highest BCUT2D eigenvalue weighted by Gasteiger charge is 2.06. The second kappa shape index (κ2) is 7.25. The molecule has 0 radical (unpaired) electrons. The normalized spacial score (nSPS) is 9.44. The minimum Gasteiger partial charge on any atom is -0.340 e. The predicted octanol–water partition coefficient (Wildman–Crippen LogP) is 1.59. The zero-order chi connectivity index (χ0) is 11.3. The van der Waals surface area contributed by atoms with E-state index in [0.717, 1.165) is 12.0 Å². The number of rotatable bonds is 4. The molecule has 0 spiro atoms. The van der Waals surface area contributed by atoms with Crippen molar-refractivity contribution in [3.8, 4) is 0 Å². The molecule has 0 fully saturated rings. The van der Waals surface area contributed by atoms with Gasteiger partial charge in [-0.1, -0.05) is 31.2 Å². The highest BCUT2D eigenvalue weighted by molar-refractivity contribution is 5.85. The van der Waals surface area contributed by atoms with Crippen molar-refractivity contribution in [3.63, 3.8) is 0 Å². The summed E-state index contributed by atoms with van der Waals surface area (Å²) in [7, 11) is 1.77. The lowest BCUT2D eigenvalue weighted by Crippen LogP contribution is -2.32. The summed E-state index contributed by atoms with van der Waals surface area (Å²) in [5.41, 5.74) is 7.73. The number of nitrogens with zero attached hydrogens (tertiary/aromatic N) is 1. The molecular weight excluding hydrogens is 224 g/mol. The lowest BCUT2D eigenvalue weighted by molar-refractivity contribution is -0.128. The Morgan fingerprint density at radius 1 is 1.25 bits per heavy atom. The van der Waals surface area contributed by atoms with Crippen molar-refractivity contribution in [2.45, 2.75) is 19.9 Å². The molecule has 0 saturated carbocycles. The van der Waals surface area contributed by atoms with Crippen LogP contribution in [0.3, 0.4) is 0 Å². The van der Waals surface area contributed by atoms with Crippen molar-refractivity contribution < 1.29 is 4.79 Å². The molecule has 0 unspecified atom stereocenters. The van der Waals surface area contributed by atoms with Crippen molar-refractivity contribution in [1.29, 1.82) is 0 Å². The summed E-state index contributed by atoms with van der Waals surface area (Å²) in [4.78, 5) is 12.9. The van der Waals surface area contributed by atoms with Gasteiger partial charge in [0.15, 0.2) is 0 Å². The summed E-state index contributed by atoms with van der Waals surface area (Å²) in [5, 5.41) is 0. The van der Waals surface area contributed by atoms with Gasteiger partial charge in [0.2, 0.25) is 5.91 Å². The number of carbonyl (C=O) groups excluding carboxylic acids is 1. The highest BCUT2D eigenvalue weighted by atomic mass is 35.5. The molecule has 0 aliphatic carbocycles. The van der Waals surface area contributed by atoms with Crippen LogP contribution >= 0.6 is 12.4 Å². The zero-order valence-corrected chi connectivity index (χ0v) is 10.6. The van der Waals surface area contributed by atoms with E-state index >= 15 is 0 Å². The van der Waals surface area contributed by atoms with Gasteiger partial charge in [-0.3, -0.25) is 4.79 Å². The topological polar surface area (TPSA) is 46.3 Å². The van der Waals surface area contributed by atoms with E-state index in [2.05, 4.69) is 31.2 Å². The number of amides is 1. The summed E-state index contributed by atoms with van der Waals surface area (Å²) < 4.78 is 0. The fraction of sp³-hybridized carbons (Fsp3) is 0.417. The third kappa shape index (κ3) is 4.21. The summed E-state index contributed by atoms with van der Waals surface area (Å²) >= 11 is 0. The Kier molecular flexibility index (Phi) is 6.77. The van der Waals surface area contributed by atoms with Gasteiger partial charge in [0, 0.05) is 13.6 Å². The summed E-state index contributed by atoms with van der Waals surface area (Å²) in [6.07, 6.45) is 1.04. The summed E-state index contributed by atoms with van der Waals surface area (Å²) in [6, 6.07) is 8.30. The lowest BCUT2D eigenvalue weighted by atomic mass is 10.1. The van der Waals surface area contributed by atoms with E-state index in [0.29, 0.717) is 6.54 Å². The second-order valence-corrected chi connectivity index (χ2v) is 3.62. The largest absolute Gasteiger partial charge is 0.340 e. The first-order valence-electron chi connectivity index (χ1n) is 5.19. The third-order valence-corrected chi connectivity index (χ3v) is 2.45. The predicted molar refractivity (Wildman–Crippen MR) is 68.6 cm³/mol. The van der Waals surface area contributed by atoms with Crippen molar-refractivity contribution in [2.24, 2.45) is 5.73 Å². The fourth-order valence-electron chi connectivity index (χ4n) is 1.40. The van der Waals surface area contributed by atoms with Gasteiger partial charge in [0.25, 0.3) is 0 Å². The molecular formula is C12H19ClN2O. The van der Waals surface area contributed by atoms with E-state index in [1.54, 1.807) is 11.9 Å². The molecule has 0 heterocycles. The molecule has 1 rings (SSSR count). The van der Waals surface area contributed by atoms with Gasteiger partial charge in [-0.05, 0) is 17.5 Å². The molecule has 2 N–H and O–H groups in total. The molecule has 0 aromatic heterocycles. The molecule has 0 aliphatic heterocycles. The number of benzene rings is 1. The van der Waals surface area contributed by atoms with E-state index in [1.165, 1.54) is 5.56 Å². The number of hydrogen-bond acceptors (Lipinski definition) is 2. The Balaban J connectivity index is 0.00000225. The molecule has 1 aromatic rings. The molecule has 4 heteroatoms. The van der Waals surface area contributed by atoms with Gasteiger partial charge < -0.3 is 10.6 Å². The average Bonchev–Trinajstić information content (AvgIpc) is 2.29. The maximum Gasteiger partial charge on any atom is 0.236 e. The minimum absolute atomic E-state index is 0. The molecule has 0 saturated heterocycles. The molecule has 90 valence electrons. The van der Waals surface area contributed by atoms with E-state index in [-0.39, 0.29) is 24.9 Å². The molecule has 0 bridgehead atoms. The van der Waals surface area contributed by atoms with Crippen molar-refractivity contribution in [2.75, 3.05) is 13.6 Å². The van der Waals surface area contributed by atoms with Crippen molar-refractivity contribution in [1.82, 2.24) is 4.90 Å². The first-order valence-corrected chi connectivity index (χ1v) is 5.19. The van der Waals surface area contributed by atoms with Gasteiger partial charge >= 0.3 is 0 Å². The van der Waals surface area contributed by atoms with E-state index in [4.69, 9.17) is 5.73 Å². The molecule has 0 atom stereocenters. The number of nitrogens with two attached hydrogens (primary N) is 1. The molecule has 1 aromatic carbocycles. The van der Waals surface area contributed by atoms with Crippen molar-refractivity contribution >= 4 is 18.3 Å². The van der Waals surface area contributed by atoms with Crippen LogP contribution in [0, 0.1) is 0 Å². The summed E-state index contributed by atoms with van der Waals surface area (Å²) in [6.45, 7) is 2.82. The monoisotopic (exact) mass is 242 g/mol. The van der Waals surface area contributed by atoms with Crippen LogP contribution in [-0.2, 0) is 17.8 Å². The van der Waals surface area contributed by atoms with Crippen LogP contribution in [0.4, 0.5) is 0 Å². The van der Waals surface area contributed by atoms with E-state index < -0.39 is 0 Å². The maximum absolute atomic E-state index is 11.2. The number of aryl methyl sites for hydroxylation is 1. The molecule has 16 heavy (non-hydrogen) atoms. The van der Waals surface area contributed by atoms with E-state index in [9.17, 15) is 4.79 Å². The molecule has 3 nitrogen and oxygen atoms in total. The molecule has 0 aliphatic rings. The van der Waals surface area contributed by atoms with Gasteiger partial charge in [0.05, 0.1) is 6.54 Å². The zero-order valence-electron chi connectivity index (χ0n) is 9.77. The molecule has 1 amide bonds. The van der Waals surface area contributed by atoms with Crippen LogP contribution in [-0.4, -0.2) is 24.4 Å². The standard InChI is InChI=1S/C12H18N2O.ClH/c1-3-10-4-6-11(7-5-10)9-14(2)12(15)8-13;/h4-7H,3,8-9,13H2,1-2H3;1H. The Bertz CT molecular complexity index is 324. The van der Waals surface area contributed by atoms with Crippen molar-refractivity contribution in [3.05, 3.63) is 35.4 Å². The Labute approximate surface area is 103 Å². The van der Waals surface area contributed by atoms with Gasteiger partial charge in [-0.25, -0.2) is 0 Å². The van der Waals surface area contributed by atoms with Crippen LogP contribution in [0.1, 0.15) is 18.1 Å². The Morgan fingerprint density at radius 3 is 2.19 bits per heavy atom. The highest BCUT2D eigenvalue weighted by Crippen LogP contribution is 2.07. The van der Waals surface area contributed by atoms with Crippen LogP contribution in [0.5, 0.6) is 0 Å². The van der Waals surface area contributed by atoms with Crippen LogP contribution in [0.2, 0.25) is 0 Å². The number of hydrogen-bond donors (Lipinski definition) is 1. The number of carbonyl (C=O) groups is 1.